The van der Waals surface area contributed by atoms with Gasteiger partial charge in [-0.05, 0) is 64.5 Å². The van der Waals surface area contributed by atoms with Crippen LogP contribution < -0.4 is 4.74 Å². The second kappa shape index (κ2) is 11.1. The Morgan fingerprint density at radius 2 is 1.63 bits per heavy atom. The Bertz CT molecular complexity index is 1450. The highest BCUT2D eigenvalue weighted by molar-refractivity contribution is 14.1. The van der Waals surface area contributed by atoms with E-state index < -0.39 is 25.8 Å². The lowest BCUT2D eigenvalue weighted by Crippen LogP contribution is -2.41. The first kappa shape index (κ1) is 28.7. The summed E-state index contributed by atoms with van der Waals surface area (Å²) in [7, 11) is -2.05. The van der Waals surface area contributed by atoms with Gasteiger partial charge in [-0.2, -0.15) is 0 Å². The van der Waals surface area contributed by atoms with Gasteiger partial charge in [-0.3, -0.25) is 0 Å². The molecule has 0 fully saturated rings. The summed E-state index contributed by atoms with van der Waals surface area (Å²) in [5, 5.41) is 0.760. The average molecular weight is 652 g/mol. The highest BCUT2D eigenvalue weighted by Crippen LogP contribution is 2.42. The highest BCUT2D eigenvalue weighted by Gasteiger charge is 2.38. The predicted octanol–water partition coefficient (Wildman–Crippen LogP) is 9.36. The van der Waals surface area contributed by atoms with E-state index >= 15 is 0 Å². The van der Waals surface area contributed by atoms with Gasteiger partial charge in [0.25, 0.3) is 0 Å². The maximum absolute atomic E-state index is 15.0. The number of hydrogen-bond donors (Lipinski definition) is 0. The van der Waals surface area contributed by atoms with E-state index in [2.05, 4.69) is 56.5 Å². The molecule has 0 bridgehead atoms. The third-order valence-corrected chi connectivity index (χ3v) is 12.9. The van der Waals surface area contributed by atoms with Crippen molar-refractivity contribution in [3.63, 3.8) is 0 Å². The van der Waals surface area contributed by atoms with Gasteiger partial charge in [0.05, 0.1) is 10.9 Å². The first-order valence-electron chi connectivity index (χ1n) is 12.6. The molecule has 4 aromatic rings. The molecule has 202 valence electrons. The minimum atomic E-state index is -2.05. The van der Waals surface area contributed by atoms with Gasteiger partial charge in [0, 0.05) is 39.6 Å². The summed E-state index contributed by atoms with van der Waals surface area (Å²) in [6.07, 6.45) is 0. The number of nitrogens with zero attached hydrogens (tertiary/aromatic N) is 1. The molecule has 0 radical (unpaired) electrons. The van der Waals surface area contributed by atoms with Crippen molar-refractivity contribution in [3.8, 4) is 11.4 Å². The zero-order valence-corrected chi connectivity index (χ0v) is 25.7. The molecule has 8 heteroatoms. The maximum atomic E-state index is 15.0. The molecule has 0 spiro atoms. The Labute approximate surface area is 237 Å². The van der Waals surface area contributed by atoms with Gasteiger partial charge in [0.15, 0.2) is 20.0 Å². The van der Waals surface area contributed by atoms with Crippen LogP contribution in [0.4, 0.5) is 13.2 Å². The molecule has 0 saturated carbocycles. The van der Waals surface area contributed by atoms with Crippen LogP contribution in [0, 0.1) is 21.0 Å². The summed E-state index contributed by atoms with van der Waals surface area (Å²) in [5.74, 6) is -2.11. The lowest BCUT2D eigenvalue weighted by molar-refractivity contribution is 0.266. The second-order valence-corrected chi connectivity index (χ2v) is 17.1. The molecule has 0 amide bonds. The Morgan fingerprint density at radius 3 is 2.26 bits per heavy atom. The molecule has 38 heavy (non-hydrogen) atoms. The summed E-state index contributed by atoms with van der Waals surface area (Å²) >= 11 is 2.25. The lowest BCUT2D eigenvalue weighted by atomic mass is 10.1. The van der Waals surface area contributed by atoms with Crippen molar-refractivity contribution in [3.05, 3.63) is 92.9 Å². The SMILES string of the molecule is CC(CO[Si](C)(C)C(C)(C)C)c1c(I)c2c(OCc3ccccc3)cc(F)cc2n1-c1ccc(F)c(F)c1. The largest absolute Gasteiger partial charge is 0.488 e. The third-order valence-electron chi connectivity index (χ3n) is 7.34. The van der Waals surface area contributed by atoms with Crippen molar-refractivity contribution in [1.29, 1.82) is 0 Å². The first-order valence-corrected chi connectivity index (χ1v) is 16.6. The van der Waals surface area contributed by atoms with Crippen LogP contribution in [-0.2, 0) is 11.0 Å². The molecular weight excluding hydrogens is 618 g/mol. The standard InChI is InChI=1S/C30H33F3INO2Si/c1-19(17-37-38(5,6)30(2,3)4)29-28(34)27-25(35(29)22-12-13-23(32)24(33)16-22)14-21(31)15-26(27)36-18-20-10-8-7-9-11-20/h7-16,19H,17-18H2,1-6H3. The molecule has 0 saturated heterocycles. The van der Waals surface area contributed by atoms with Crippen molar-refractivity contribution in [2.75, 3.05) is 6.61 Å². The van der Waals surface area contributed by atoms with E-state index in [1.807, 2.05) is 37.3 Å². The molecule has 1 atom stereocenters. The fourth-order valence-corrected chi connectivity index (χ4v) is 6.55. The van der Waals surface area contributed by atoms with Crippen LogP contribution in [0.2, 0.25) is 18.1 Å². The number of fused-ring (bicyclic) bond motifs is 1. The smallest absolute Gasteiger partial charge is 0.192 e. The van der Waals surface area contributed by atoms with E-state index in [0.717, 1.165) is 32.3 Å². The van der Waals surface area contributed by atoms with E-state index in [-0.39, 0.29) is 17.6 Å². The van der Waals surface area contributed by atoms with Crippen molar-refractivity contribution in [1.82, 2.24) is 4.57 Å². The lowest BCUT2D eigenvalue weighted by Gasteiger charge is -2.37. The van der Waals surface area contributed by atoms with Crippen molar-refractivity contribution in [2.45, 2.75) is 58.4 Å². The first-order chi connectivity index (χ1) is 17.8. The topological polar surface area (TPSA) is 23.4 Å². The predicted molar refractivity (Wildman–Crippen MR) is 158 cm³/mol. The molecule has 0 aliphatic carbocycles. The van der Waals surface area contributed by atoms with Crippen LogP contribution in [0.1, 0.15) is 44.9 Å². The minimum absolute atomic E-state index is 0.0360. The van der Waals surface area contributed by atoms with Gasteiger partial charge in [-0.15, -0.1) is 0 Å². The summed E-state index contributed by atoms with van der Waals surface area (Å²) in [6.45, 7) is 13.7. The fraction of sp³-hybridized carbons (Fsp3) is 0.333. The molecule has 3 nitrogen and oxygen atoms in total. The molecular formula is C30H33F3INO2Si. The number of rotatable bonds is 8. The molecule has 0 aliphatic rings. The third kappa shape index (κ3) is 5.82. The van der Waals surface area contributed by atoms with Gasteiger partial charge >= 0.3 is 0 Å². The van der Waals surface area contributed by atoms with Gasteiger partial charge in [0.2, 0.25) is 0 Å². The van der Waals surface area contributed by atoms with Gasteiger partial charge in [0.1, 0.15) is 18.2 Å². The highest BCUT2D eigenvalue weighted by atomic mass is 127. The quantitative estimate of drug-likeness (QED) is 0.140. The summed E-state index contributed by atoms with van der Waals surface area (Å²) < 4.78 is 58.6. The van der Waals surface area contributed by atoms with Crippen molar-refractivity contribution < 1.29 is 22.3 Å². The minimum Gasteiger partial charge on any atom is -0.488 e. The van der Waals surface area contributed by atoms with Crippen LogP contribution in [0.15, 0.2) is 60.7 Å². The maximum Gasteiger partial charge on any atom is 0.192 e. The zero-order valence-electron chi connectivity index (χ0n) is 22.5. The Kier molecular flexibility index (Phi) is 8.35. The molecule has 1 aromatic heterocycles. The molecule has 0 N–H and O–H groups in total. The van der Waals surface area contributed by atoms with Crippen LogP contribution in [0.3, 0.4) is 0 Å². The van der Waals surface area contributed by atoms with E-state index in [0.29, 0.717) is 23.6 Å². The van der Waals surface area contributed by atoms with Gasteiger partial charge in [-0.1, -0.05) is 58.0 Å². The number of ether oxygens (including phenoxy) is 1. The van der Waals surface area contributed by atoms with Crippen LogP contribution in [0.5, 0.6) is 5.75 Å². The van der Waals surface area contributed by atoms with Crippen LogP contribution in [0.25, 0.3) is 16.6 Å². The monoisotopic (exact) mass is 651 g/mol. The number of benzene rings is 3. The summed E-state index contributed by atoms with van der Waals surface area (Å²) in [5.41, 5.74) is 2.72. The summed E-state index contributed by atoms with van der Waals surface area (Å²) in [6, 6.07) is 16.2. The van der Waals surface area contributed by atoms with E-state index in [4.69, 9.17) is 9.16 Å². The Hall–Kier alpha value is -2.30. The number of halogens is 4. The summed E-state index contributed by atoms with van der Waals surface area (Å²) in [4.78, 5) is 0. The van der Waals surface area contributed by atoms with E-state index in [1.54, 1.807) is 4.57 Å². The second-order valence-electron chi connectivity index (χ2n) is 11.2. The van der Waals surface area contributed by atoms with E-state index in [9.17, 15) is 13.2 Å². The molecule has 1 unspecified atom stereocenters. The molecule has 1 heterocycles. The Balaban J connectivity index is 1.86. The van der Waals surface area contributed by atoms with Crippen molar-refractivity contribution in [2.24, 2.45) is 0 Å². The molecule has 4 rings (SSSR count). The zero-order chi connectivity index (χ0) is 27.8. The number of hydrogen-bond acceptors (Lipinski definition) is 2. The molecule has 0 aliphatic heterocycles. The molecule has 3 aromatic carbocycles. The van der Waals surface area contributed by atoms with Gasteiger partial charge < -0.3 is 13.7 Å². The van der Waals surface area contributed by atoms with Crippen LogP contribution in [-0.4, -0.2) is 19.5 Å². The van der Waals surface area contributed by atoms with Gasteiger partial charge in [-0.25, -0.2) is 13.2 Å². The Morgan fingerprint density at radius 1 is 0.947 bits per heavy atom. The number of aromatic nitrogens is 1. The van der Waals surface area contributed by atoms with Crippen molar-refractivity contribution >= 4 is 41.8 Å². The fourth-order valence-electron chi connectivity index (χ4n) is 4.14. The van der Waals surface area contributed by atoms with Crippen LogP contribution >= 0.6 is 22.6 Å². The van der Waals surface area contributed by atoms with E-state index in [1.165, 1.54) is 18.2 Å². The average Bonchev–Trinajstić information content (AvgIpc) is 3.14. The normalized spacial score (nSPS) is 13.2.